The van der Waals surface area contributed by atoms with Crippen LogP contribution < -0.4 is 10.1 Å². The van der Waals surface area contributed by atoms with E-state index in [1.165, 1.54) is 0 Å². The summed E-state index contributed by atoms with van der Waals surface area (Å²) in [5, 5.41) is 5.15. The fourth-order valence-corrected chi connectivity index (χ4v) is 5.12. The van der Waals surface area contributed by atoms with E-state index in [0.717, 1.165) is 111 Å². The zero-order valence-corrected chi connectivity index (χ0v) is 22.5. The zero-order valence-electron chi connectivity index (χ0n) is 22.5. The van der Waals surface area contributed by atoms with E-state index in [2.05, 4.69) is 31.1 Å². The molecular formula is C29H38N6O3. The predicted octanol–water partition coefficient (Wildman–Crippen LogP) is 2.76. The highest BCUT2D eigenvalue weighted by Gasteiger charge is 2.21. The van der Waals surface area contributed by atoms with Crippen molar-refractivity contribution in [1.29, 1.82) is 0 Å². The molecule has 9 nitrogen and oxygen atoms in total. The second-order valence-corrected chi connectivity index (χ2v) is 9.94. The van der Waals surface area contributed by atoms with E-state index in [1.807, 2.05) is 37.3 Å². The first-order valence-electron chi connectivity index (χ1n) is 13.6. The van der Waals surface area contributed by atoms with Crippen LogP contribution in [0.5, 0.6) is 5.75 Å². The van der Waals surface area contributed by atoms with E-state index in [1.54, 1.807) is 13.3 Å². The summed E-state index contributed by atoms with van der Waals surface area (Å²) in [6, 6.07) is 11.9. The molecule has 1 N–H and O–H groups in total. The van der Waals surface area contributed by atoms with Gasteiger partial charge in [0.15, 0.2) is 0 Å². The molecule has 0 saturated carbocycles. The average molecular weight is 519 g/mol. The quantitative estimate of drug-likeness (QED) is 0.463. The van der Waals surface area contributed by atoms with Crippen LogP contribution in [0.1, 0.15) is 12.7 Å². The number of carbonyl (C=O) groups excluding carboxylic acids is 1. The lowest BCUT2D eigenvalue weighted by Gasteiger charge is -2.36. The van der Waals surface area contributed by atoms with Gasteiger partial charge < -0.3 is 14.8 Å². The van der Waals surface area contributed by atoms with Gasteiger partial charge >= 0.3 is 0 Å². The topological polar surface area (TPSA) is 83.1 Å². The minimum atomic E-state index is -0.00929. The standard InChI is InChI=1S/C29H38N6O3/c1-3-28-30-7-6-26(31-28)23-18-22-4-5-24(37-2)20-25(22)27(19-23)32-29(36)21-35-12-10-33(11-13-35)8-9-34-14-16-38-17-15-34/h4-7,18-20H,3,8-17,21H2,1-2H3,(H,32,36). The Morgan fingerprint density at radius 2 is 1.71 bits per heavy atom. The third-order valence-electron chi connectivity index (χ3n) is 7.42. The molecule has 202 valence electrons. The van der Waals surface area contributed by atoms with Gasteiger partial charge in [-0.05, 0) is 35.7 Å². The van der Waals surface area contributed by atoms with Crippen LogP contribution in [0.25, 0.3) is 22.0 Å². The Kier molecular flexibility index (Phi) is 8.80. The van der Waals surface area contributed by atoms with Gasteiger partial charge in [-0.2, -0.15) is 0 Å². The van der Waals surface area contributed by atoms with Gasteiger partial charge in [0.05, 0.1) is 32.6 Å². The summed E-state index contributed by atoms with van der Waals surface area (Å²) in [5.74, 6) is 1.54. The van der Waals surface area contributed by atoms with Gasteiger partial charge in [-0.3, -0.25) is 19.5 Å². The van der Waals surface area contributed by atoms with Crippen LogP contribution in [0.4, 0.5) is 5.69 Å². The van der Waals surface area contributed by atoms with E-state index in [-0.39, 0.29) is 5.91 Å². The van der Waals surface area contributed by atoms with Crippen LogP contribution in [0, 0.1) is 0 Å². The Hall–Kier alpha value is -3.11. The Balaban J connectivity index is 1.24. The molecule has 2 fully saturated rings. The third-order valence-corrected chi connectivity index (χ3v) is 7.42. The Bertz CT molecular complexity index is 1240. The van der Waals surface area contributed by atoms with Crippen LogP contribution in [-0.4, -0.2) is 110 Å². The molecular weight excluding hydrogens is 480 g/mol. The number of benzene rings is 2. The number of fused-ring (bicyclic) bond motifs is 1. The molecule has 38 heavy (non-hydrogen) atoms. The first-order valence-corrected chi connectivity index (χ1v) is 13.6. The molecule has 2 aromatic carbocycles. The maximum Gasteiger partial charge on any atom is 0.238 e. The fourth-order valence-electron chi connectivity index (χ4n) is 5.12. The first kappa shape index (κ1) is 26.5. The molecule has 1 amide bonds. The second kappa shape index (κ2) is 12.6. The van der Waals surface area contributed by atoms with Crippen LogP contribution >= 0.6 is 0 Å². The minimum Gasteiger partial charge on any atom is -0.497 e. The first-order chi connectivity index (χ1) is 18.6. The molecule has 0 atom stereocenters. The molecule has 0 bridgehead atoms. The van der Waals surface area contributed by atoms with E-state index in [4.69, 9.17) is 14.5 Å². The van der Waals surface area contributed by atoms with E-state index in [0.29, 0.717) is 6.54 Å². The van der Waals surface area contributed by atoms with Gasteiger partial charge in [0.25, 0.3) is 0 Å². The van der Waals surface area contributed by atoms with E-state index < -0.39 is 0 Å². The lowest BCUT2D eigenvalue weighted by Crippen LogP contribution is -2.50. The molecule has 0 unspecified atom stereocenters. The second-order valence-electron chi connectivity index (χ2n) is 9.94. The number of carbonyl (C=O) groups is 1. The highest BCUT2D eigenvalue weighted by atomic mass is 16.5. The summed E-state index contributed by atoms with van der Waals surface area (Å²) in [4.78, 5) is 29.4. The highest BCUT2D eigenvalue weighted by molar-refractivity contribution is 6.05. The maximum atomic E-state index is 13.2. The molecule has 2 aliphatic rings. The molecule has 3 heterocycles. The van der Waals surface area contributed by atoms with Crippen LogP contribution in [-0.2, 0) is 16.0 Å². The number of aromatic nitrogens is 2. The molecule has 9 heteroatoms. The molecule has 0 spiro atoms. The smallest absolute Gasteiger partial charge is 0.238 e. The average Bonchev–Trinajstić information content (AvgIpc) is 2.97. The van der Waals surface area contributed by atoms with Crippen molar-refractivity contribution in [2.45, 2.75) is 13.3 Å². The van der Waals surface area contributed by atoms with Crippen molar-refractivity contribution in [2.75, 3.05) is 84.5 Å². The minimum absolute atomic E-state index is 0.00929. The Morgan fingerprint density at radius 3 is 2.45 bits per heavy atom. The normalized spacial score (nSPS) is 17.5. The van der Waals surface area contributed by atoms with Gasteiger partial charge in [-0.1, -0.05) is 13.0 Å². The van der Waals surface area contributed by atoms with Crippen molar-refractivity contribution in [2.24, 2.45) is 0 Å². The summed E-state index contributed by atoms with van der Waals surface area (Å²) in [7, 11) is 1.65. The summed E-state index contributed by atoms with van der Waals surface area (Å²) in [6.07, 6.45) is 2.56. The third kappa shape index (κ3) is 6.66. The summed E-state index contributed by atoms with van der Waals surface area (Å²) in [5.41, 5.74) is 2.56. The monoisotopic (exact) mass is 518 g/mol. The van der Waals surface area contributed by atoms with Crippen molar-refractivity contribution in [3.05, 3.63) is 48.4 Å². The van der Waals surface area contributed by atoms with Crippen molar-refractivity contribution in [3.63, 3.8) is 0 Å². The number of methoxy groups -OCH3 is 1. The van der Waals surface area contributed by atoms with Gasteiger partial charge in [-0.15, -0.1) is 0 Å². The molecule has 0 radical (unpaired) electrons. The number of aryl methyl sites for hydroxylation is 1. The lowest BCUT2D eigenvalue weighted by molar-refractivity contribution is -0.117. The molecule has 5 rings (SSSR count). The molecule has 0 aliphatic carbocycles. The molecule has 1 aromatic heterocycles. The van der Waals surface area contributed by atoms with Crippen molar-refractivity contribution < 1.29 is 14.3 Å². The zero-order chi connectivity index (χ0) is 26.3. The summed E-state index contributed by atoms with van der Waals surface area (Å²) in [6.45, 7) is 12.1. The van der Waals surface area contributed by atoms with Crippen LogP contribution in [0.3, 0.4) is 0 Å². The highest BCUT2D eigenvalue weighted by Crippen LogP contribution is 2.33. The van der Waals surface area contributed by atoms with E-state index in [9.17, 15) is 4.79 Å². The van der Waals surface area contributed by atoms with Crippen molar-refractivity contribution in [3.8, 4) is 17.0 Å². The summed E-state index contributed by atoms with van der Waals surface area (Å²) < 4.78 is 10.9. The SMILES string of the molecule is CCc1nccc(-c2cc(NC(=O)CN3CCN(CCN4CCOCC4)CC3)c3cc(OC)ccc3c2)n1. The van der Waals surface area contributed by atoms with Gasteiger partial charge in [0, 0.05) is 81.6 Å². The van der Waals surface area contributed by atoms with Crippen LogP contribution in [0.15, 0.2) is 42.6 Å². The maximum absolute atomic E-state index is 13.2. The molecule has 3 aromatic rings. The number of nitrogens with zero attached hydrogens (tertiary/aromatic N) is 5. The fraction of sp³-hybridized carbons (Fsp3) is 0.483. The number of nitrogens with one attached hydrogen (secondary N) is 1. The van der Waals surface area contributed by atoms with E-state index >= 15 is 0 Å². The number of rotatable bonds is 9. The van der Waals surface area contributed by atoms with Gasteiger partial charge in [-0.25, -0.2) is 9.97 Å². The molecule has 2 saturated heterocycles. The number of amides is 1. The number of ether oxygens (including phenoxy) is 2. The van der Waals surface area contributed by atoms with Crippen molar-refractivity contribution in [1.82, 2.24) is 24.7 Å². The largest absolute Gasteiger partial charge is 0.497 e. The number of hydrogen-bond acceptors (Lipinski definition) is 8. The number of piperazine rings is 1. The predicted molar refractivity (Wildman–Crippen MR) is 150 cm³/mol. The number of hydrogen-bond donors (Lipinski definition) is 1. The number of anilines is 1. The van der Waals surface area contributed by atoms with Gasteiger partial charge in [0.2, 0.25) is 5.91 Å². The van der Waals surface area contributed by atoms with Gasteiger partial charge in [0.1, 0.15) is 11.6 Å². The lowest BCUT2D eigenvalue weighted by atomic mass is 10.0. The Labute approximate surface area is 224 Å². The molecule has 2 aliphatic heterocycles. The summed E-state index contributed by atoms with van der Waals surface area (Å²) >= 11 is 0. The number of morpholine rings is 1. The van der Waals surface area contributed by atoms with Crippen molar-refractivity contribution >= 4 is 22.4 Å². The van der Waals surface area contributed by atoms with Crippen LogP contribution in [0.2, 0.25) is 0 Å². The Morgan fingerprint density at radius 1 is 0.974 bits per heavy atom.